The van der Waals surface area contributed by atoms with E-state index in [4.69, 9.17) is 10.5 Å². The standard InChI is InChI=1S/C17H20N2O2/c1-12-9-14(5-4-13(12)3-2-8-18)17(20)19-10-15-6-7-16(11-19)21-15/h4-5,9,15-16H,6-8,10-11,18H2,1H3. The lowest BCUT2D eigenvalue weighted by molar-refractivity contribution is -0.0303. The second-order valence-corrected chi connectivity index (χ2v) is 5.70. The first-order valence-electron chi connectivity index (χ1n) is 7.41. The van der Waals surface area contributed by atoms with Crippen LogP contribution >= 0.6 is 0 Å². The van der Waals surface area contributed by atoms with Gasteiger partial charge in [0.25, 0.3) is 5.91 Å². The van der Waals surface area contributed by atoms with Crippen molar-refractivity contribution in [1.29, 1.82) is 0 Å². The molecule has 0 aromatic heterocycles. The Balaban J connectivity index is 1.77. The van der Waals surface area contributed by atoms with Crippen molar-refractivity contribution in [2.45, 2.75) is 32.0 Å². The summed E-state index contributed by atoms with van der Waals surface area (Å²) >= 11 is 0. The van der Waals surface area contributed by atoms with Gasteiger partial charge in [-0.25, -0.2) is 0 Å². The van der Waals surface area contributed by atoms with Crippen molar-refractivity contribution in [1.82, 2.24) is 4.90 Å². The SMILES string of the molecule is Cc1cc(C(=O)N2CC3CCC(C2)O3)ccc1C#CCN. The number of rotatable bonds is 1. The number of likely N-dealkylation sites (tertiary alicyclic amines) is 1. The molecule has 2 aliphatic rings. The van der Waals surface area contributed by atoms with Crippen molar-refractivity contribution in [3.63, 3.8) is 0 Å². The lowest BCUT2D eigenvalue weighted by atomic mass is 10.0. The zero-order chi connectivity index (χ0) is 14.8. The van der Waals surface area contributed by atoms with Crippen LogP contribution in [0.4, 0.5) is 0 Å². The van der Waals surface area contributed by atoms with E-state index in [1.165, 1.54) is 0 Å². The van der Waals surface area contributed by atoms with Crippen LogP contribution in [0.25, 0.3) is 0 Å². The highest BCUT2D eigenvalue weighted by Gasteiger charge is 2.35. The number of amides is 1. The second kappa shape index (κ2) is 5.88. The molecule has 2 bridgehead atoms. The first-order chi connectivity index (χ1) is 10.2. The number of nitrogens with two attached hydrogens (primary N) is 1. The highest BCUT2D eigenvalue weighted by molar-refractivity contribution is 5.94. The normalized spacial score (nSPS) is 23.6. The average molecular weight is 284 g/mol. The quantitative estimate of drug-likeness (QED) is 0.791. The number of nitrogens with zero attached hydrogens (tertiary/aromatic N) is 1. The monoisotopic (exact) mass is 284 g/mol. The number of hydrogen-bond donors (Lipinski definition) is 1. The maximum absolute atomic E-state index is 12.6. The zero-order valence-electron chi connectivity index (χ0n) is 12.3. The van der Waals surface area contributed by atoms with Crippen LogP contribution in [0.3, 0.4) is 0 Å². The van der Waals surface area contributed by atoms with Gasteiger partial charge in [-0.15, -0.1) is 0 Å². The maximum atomic E-state index is 12.6. The van der Waals surface area contributed by atoms with Crippen LogP contribution in [0, 0.1) is 18.8 Å². The van der Waals surface area contributed by atoms with Crippen LogP contribution in [0.1, 0.15) is 34.3 Å². The molecule has 2 heterocycles. The fraction of sp³-hybridized carbons (Fsp3) is 0.471. The molecule has 2 aliphatic heterocycles. The largest absolute Gasteiger partial charge is 0.371 e. The number of aryl methyl sites for hydroxylation is 1. The number of carbonyl (C=O) groups is 1. The Hall–Kier alpha value is -1.83. The van der Waals surface area contributed by atoms with E-state index < -0.39 is 0 Å². The zero-order valence-corrected chi connectivity index (χ0v) is 12.3. The molecule has 2 fully saturated rings. The first-order valence-corrected chi connectivity index (χ1v) is 7.41. The number of benzene rings is 1. The van der Waals surface area contributed by atoms with Crippen LogP contribution in [-0.4, -0.2) is 42.6 Å². The molecule has 0 saturated carbocycles. The summed E-state index contributed by atoms with van der Waals surface area (Å²) in [7, 11) is 0. The Morgan fingerprint density at radius 1 is 1.38 bits per heavy atom. The number of morpholine rings is 1. The Bertz CT molecular complexity index is 603. The van der Waals surface area contributed by atoms with Gasteiger partial charge in [0.05, 0.1) is 18.8 Å². The summed E-state index contributed by atoms with van der Waals surface area (Å²) in [6, 6.07) is 5.67. The highest BCUT2D eigenvalue weighted by Crippen LogP contribution is 2.27. The molecule has 2 atom stereocenters. The molecule has 4 heteroatoms. The smallest absolute Gasteiger partial charge is 0.254 e. The summed E-state index contributed by atoms with van der Waals surface area (Å²) in [5.41, 5.74) is 8.06. The van der Waals surface area contributed by atoms with Crippen LogP contribution in [0.5, 0.6) is 0 Å². The molecular formula is C17H20N2O2. The third kappa shape index (κ3) is 2.94. The average Bonchev–Trinajstić information content (AvgIpc) is 2.83. The summed E-state index contributed by atoms with van der Waals surface area (Å²) in [5.74, 6) is 5.96. The highest BCUT2D eigenvalue weighted by atomic mass is 16.5. The van der Waals surface area contributed by atoms with Gasteiger partial charge in [0.15, 0.2) is 0 Å². The molecule has 2 N–H and O–H groups in total. The molecule has 1 amide bonds. The van der Waals surface area contributed by atoms with E-state index >= 15 is 0 Å². The van der Waals surface area contributed by atoms with Gasteiger partial charge in [0.1, 0.15) is 0 Å². The van der Waals surface area contributed by atoms with Gasteiger partial charge in [0, 0.05) is 24.2 Å². The number of hydrogen-bond acceptors (Lipinski definition) is 3. The Labute approximate surface area is 125 Å². The van der Waals surface area contributed by atoms with Gasteiger partial charge in [-0.3, -0.25) is 4.79 Å². The molecule has 2 saturated heterocycles. The van der Waals surface area contributed by atoms with E-state index in [1.54, 1.807) is 0 Å². The number of fused-ring (bicyclic) bond motifs is 2. The molecule has 0 aliphatic carbocycles. The summed E-state index contributed by atoms with van der Waals surface area (Å²) in [6.07, 6.45) is 2.59. The number of carbonyl (C=O) groups excluding carboxylic acids is 1. The molecule has 2 unspecified atom stereocenters. The molecule has 1 aromatic rings. The Morgan fingerprint density at radius 2 is 2.10 bits per heavy atom. The molecule has 0 spiro atoms. The minimum absolute atomic E-state index is 0.0941. The molecule has 21 heavy (non-hydrogen) atoms. The van der Waals surface area contributed by atoms with Crippen molar-refractivity contribution < 1.29 is 9.53 Å². The van der Waals surface area contributed by atoms with Crippen molar-refractivity contribution in [2.75, 3.05) is 19.6 Å². The molecule has 0 radical (unpaired) electrons. The van der Waals surface area contributed by atoms with Crippen LogP contribution in [0.2, 0.25) is 0 Å². The summed E-state index contributed by atoms with van der Waals surface area (Å²) in [6.45, 7) is 3.74. The van der Waals surface area contributed by atoms with Crippen LogP contribution in [0.15, 0.2) is 18.2 Å². The van der Waals surface area contributed by atoms with Crippen molar-refractivity contribution >= 4 is 5.91 Å². The Morgan fingerprint density at radius 3 is 2.71 bits per heavy atom. The summed E-state index contributed by atoms with van der Waals surface area (Å²) in [4.78, 5) is 14.5. The summed E-state index contributed by atoms with van der Waals surface area (Å²) < 4.78 is 5.78. The minimum Gasteiger partial charge on any atom is -0.371 e. The molecule has 1 aromatic carbocycles. The van der Waals surface area contributed by atoms with Crippen molar-refractivity contribution in [2.24, 2.45) is 5.73 Å². The van der Waals surface area contributed by atoms with Crippen molar-refractivity contribution in [3.8, 4) is 11.8 Å². The fourth-order valence-electron chi connectivity index (χ4n) is 3.05. The van der Waals surface area contributed by atoms with Gasteiger partial charge in [-0.2, -0.15) is 0 Å². The van der Waals surface area contributed by atoms with E-state index in [0.717, 1.165) is 29.5 Å². The van der Waals surface area contributed by atoms with Gasteiger partial charge in [-0.05, 0) is 43.5 Å². The van der Waals surface area contributed by atoms with Crippen molar-refractivity contribution in [3.05, 3.63) is 34.9 Å². The van der Waals surface area contributed by atoms with Gasteiger partial charge >= 0.3 is 0 Å². The second-order valence-electron chi connectivity index (χ2n) is 5.70. The maximum Gasteiger partial charge on any atom is 0.254 e. The van der Waals surface area contributed by atoms with Crippen LogP contribution < -0.4 is 5.73 Å². The topological polar surface area (TPSA) is 55.6 Å². The van der Waals surface area contributed by atoms with Gasteiger partial charge in [-0.1, -0.05) is 11.8 Å². The first kappa shape index (κ1) is 14.1. The molecule has 110 valence electrons. The van der Waals surface area contributed by atoms with E-state index in [0.29, 0.717) is 19.6 Å². The van der Waals surface area contributed by atoms with Gasteiger partial charge in [0.2, 0.25) is 0 Å². The van der Waals surface area contributed by atoms with E-state index in [-0.39, 0.29) is 18.1 Å². The third-order valence-corrected chi connectivity index (χ3v) is 4.13. The van der Waals surface area contributed by atoms with E-state index in [2.05, 4.69) is 11.8 Å². The van der Waals surface area contributed by atoms with Crippen LogP contribution in [-0.2, 0) is 4.74 Å². The Kier molecular flexibility index (Phi) is 3.96. The lowest BCUT2D eigenvalue weighted by Crippen LogP contribution is -2.45. The predicted octanol–water partition coefficient (Wildman–Crippen LogP) is 1.31. The van der Waals surface area contributed by atoms with Gasteiger partial charge < -0.3 is 15.4 Å². The summed E-state index contributed by atoms with van der Waals surface area (Å²) in [5, 5.41) is 0. The number of ether oxygens (including phenoxy) is 1. The molecule has 3 rings (SSSR count). The minimum atomic E-state index is 0.0941. The predicted molar refractivity (Wildman–Crippen MR) is 80.9 cm³/mol. The van der Waals surface area contributed by atoms with E-state index in [1.807, 2.05) is 30.0 Å². The lowest BCUT2D eigenvalue weighted by Gasteiger charge is -2.32. The third-order valence-electron chi connectivity index (χ3n) is 4.13. The fourth-order valence-corrected chi connectivity index (χ4v) is 3.05. The van der Waals surface area contributed by atoms with E-state index in [9.17, 15) is 4.79 Å². The molecular weight excluding hydrogens is 264 g/mol. The molecule has 4 nitrogen and oxygen atoms in total.